The summed E-state index contributed by atoms with van der Waals surface area (Å²) in [6.45, 7) is 2.35. The van der Waals surface area contributed by atoms with Crippen molar-refractivity contribution < 1.29 is 4.79 Å². The number of hydrogen-bond acceptors (Lipinski definition) is 2. The maximum atomic E-state index is 11.9. The van der Waals surface area contributed by atoms with Crippen LogP contribution in [-0.4, -0.2) is 29.8 Å². The van der Waals surface area contributed by atoms with Gasteiger partial charge in [-0.25, -0.2) is 0 Å². The Bertz CT molecular complexity index is 251. The van der Waals surface area contributed by atoms with E-state index in [1.807, 2.05) is 0 Å². The largest absolute Gasteiger partial charge is 0.298 e. The lowest BCUT2D eigenvalue weighted by Crippen LogP contribution is -2.47. The Morgan fingerprint density at radius 2 is 1.94 bits per heavy atom. The first kappa shape index (κ1) is 12.1. The van der Waals surface area contributed by atoms with Gasteiger partial charge in [-0.15, -0.1) is 0 Å². The van der Waals surface area contributed by atoms with E-state index in [0.29, 0.717) is 11.8 Å². The number of nitrogens with zero attached hydrogens (tertiary/aromatic N) is 1. The van der Waals surface area contributed by atoms with Crippen molar-refractivity contribution in [3.8, 4) is 0 Å². The van der Waals surface area contributed by atoms with Crippen molar-refractivity contribution in [2.75, 3.05) is 7.05 Å². The zero-order chi connectivity index (χ0) is 11.5. The van der Waals surface area contributed by atoms with E-state index < -0.39 is 0 Å². The fraction of sp³-hybridized carbons (Fsp3) is 0.929. The molecule has 0 spiro atoms. The third kappa shape index (κ3) is 2.65. The lowest BCUT2D eigenvalue weighted by molar-refractivity contribution is -0.126. The summed E-state index contributed by atoms with van der Waals surface area (Å²) in [4.78, 5) is 14.3. The minimum absolute atomic E-state index is 0.240. The quantitative estimate of drug-likeness (QED) is 0.717. The molecule has 2 aliphatic rings. The average molecular weight is 223 g/mol. The van der Waals surface area contributed by atoms with Crippen LogP contribution in [0.2, 0.25) is 0 Å². The molecule has 0 radical (unpaired) electrons. The van der Waals surface area contributed by atoms with Gasteiger partial charge in [-0.1, -0.05) is 26.2 Å². The first-order chi connectivity index (χ1) is 7.68. The summed E-state index contributed by atoms with van der Waals surface area (Å²) >= 11 is 0. The first-order valence-corrected chi connectivity index (χ1v) is 6.93. The van der Waals surface area contributed by atoms with E-state index >= 15 is 0 Å². The Kier molecular flexibility index (Phi) is 4.01. The molecule has 0 amide bonds. The Morgan fingerprint density at radius 1 is 1.12 bits per heavy atom. The van der Waals surface area contributed by atoms with Crippen molar-refractivity contribution in [2.24, 2.45) is 5.92 Å². The van der Waals surface area contributed by atoms with E-state index in [2.05, 4.69) is 18.9 Å². The summed E-state index contributed by atoms with van der Waals surface area (Å²) in [5.41, 5.74) is 0. The number of hydrogen-bond donors (Lipinski definition) is 0. The van der Waals surface area contributed by atoms with Crippen LogP contribution in [0.1, 0.15) is 58.3 Å². The zero-order valence-corrected chi connectivity index (χ0v) is 10.7. The van der Waals surface area contributed by atoms with Gasteiger partial charge >= 0.3 is 0 Å². The highest BCUT2D eigenvalue weighted by atomic mass is 16.1. The molecule has 3 atom stereocenters. The molecule has 2 fully saturated rings. The van der Waals surface area contributed by atoms with Crippen LogP contribution in [0, 0.1) is 5.92 Å². The maximum Gasteiger partial charge on any atom is 0.149 e. The highest BCUT2D eigenvalue weighted by Gasteiger charge is 2.31. The van der Waals surface area contributed by atoms with Gasteiger partial charge in [0.1, 0.15) is 5.78 Å². The van der Waals surface area contributed by atoms with Gasteiger partial charge in [-0.3, -0.25) is 9.69 Å². The summed E-state index contributed by atoms with van der Waals surface area (Å²) in [6.07, 6.45) is 9.58. The molecular weight excluding hydrogens is 198 g/mol. The second-order valence-corrected chi connectivity index (χ2v) is 5.82. The van der Waals surface area contributed by atoms with E-state index in [9.17, 15) is 4.79 Å². The van der Waals surface area contributed by atoms with Crippen LogP contribution < -0.4 is 0 Å². The van der Waals surface area contributed by atoms with Crippen LogP contribution in [0.3, 0.4) is 0 Å². The third-order valence-corrected chi connectivity index (χ3v) is 4.50. The minimum Gasteiger partial charge on any atom is -0.298 e. The molecule has 2 nitrogen and oxygen atoms in total. The van der Waals surface area contributed by atoms with E-state index in [1.54, 1.807) is 0 Å². The van der Waals surface area contributed by atoms with Gasteiger partial charge in [0.25, 0.3) is 0 Å². The number of ketones is 1. The van der Waals surface area contributed by atoms with Crippen LogP contribution in [-0.2, 0) is 4.79 Å². The molecule has 16 heavy (non-hydrogen) atoms. The second kappa shape index (κ2) is 5.31. The summed E-state index contributed by atoms with van der Waals surface area (Å²) < 4.78 is 0. The number of carbonyl (C=O) groups excluding carboxylic acids is 1. The molecular formula is C14H25NO. The molecule has 0 aliphatic heterocycles. The summed E-state index contributed by atoms with van der Waals surface area (Å²) in [5.74, 6) is 1.34. The lowest BCUT2D eigenvalue weighted by atomic mass is 9.84. The van der Waals surface area contributed by atoms with Gasteiger partial charge in [-0.05, 0) is 38.6 Å². The molecule has 0 N–H and O–H groups in total. The molecule has 0 heterocycles. The first-order valence-electron chi connectivity index (χ1n) is 6.93. The molecule has 92 valence electrons. The second-order valence-electron chi connectivity index (χ2n) is 5.82. The Morgan fingerprint density at radius 3 is 2.62 bits per heavy atom. The molecule has 3 unspecified atom stereocenters. The lowest BCUT2D eigenvalue weighted by Gasteiger charge is -2.39. The van der Waals surface area contributed by atoms with Crippen molar-refractivity contribution in [3.63, 3.8) is 0 Å². The molecule has 2 rings (SSSR count). The van der Waals surface area contributed by atoms with Crippen molar-refractivity contribution >= 4 is 5.78 Å². The van der Waals surface area contributed by atoms with Gasteiger partial charge in [0.2, 0.25) is 0 Å². The van der Waals surface area contributed by atoms with Crippen LogP contribution in [0.4, 0.5) is 0 Å². The molecule has 0 bridgehead atoms. The molecule has 2 saturated carbocycles. The van der Waals surface area contributed by atoms with E-state index in [-0.39, 0.29) is 6.04 Å². The normalized spacial score (nSPS) is 36.7. The van der Waals surface area contributed by atoms with E-state index in [4.69, 9.17) is 0 Å². The number of carbonyl (C=O) groups is 1. The zero-order valence-electron chi connectivity index (χ0n) is 10.7. The van der Waals surface area contributed by atoms with Crippen molar-refractivity contribution in [3.05, 3.63) is 0 Å². The SMILES string of the molecule is CC1CCCC(N(C)C2CCCCC2=O)C1. The van der Waals surface area contributed by atoms with E-state index in [1.165, 1.54) is 32.1 Å². The Hall–Kier alpha value is -0.370. The van der Waals surface area contributed by atoms with Gasteiger partial charge in [0, 0.05) is 12.5 Å². The number of Topliss-reactive ketones (excluding diaryl/α,β-unsaturated/α-hetero) is 1. The molecule has 0 aromatic heterocycles. The summed E-state index contributed by atoms with van der Waals surface area (Å²) in [5, 5.41) is 0. The standard InChI is InChI=1S/C14H25NO/c1-11-6-5-7-12(10-11)15(2)13-8-3-4-9-14(13)16/h11-13H,3-10H2,1-2H3. The van der Waals surface area contributed by atoms with E-state index in [0.717, 1.165) is 25.2 Å². The third-order valence-electron chi connectivity index (χ3n) is 4.50. The fourth-order valence-electron chi connectivity index (χ4n) is 3.42. The summed E-state index contributed by atoms with van der Waals surface area (Å²) in [7, 11) is 2.18. The molecule has 0 aromatic carbocycles. The fourth-order valence-corrected chi connectivity index (χ4v) is 3.42. The molecule has 2 heteroatoms. The highest BCUT2D eigenvalue weighted by molar-refractivity contribution is 5.84. The maximum absolute atomic E-state index is 11.9. The monoisotopic (exact) mass is 223 g/mol. The van der Waals surface area contributed by atoms with Crippen LogP contribution in [0.25, 0.3) is 0 Å². The minimum atomic E-state index is 0.240. The van der Waals surface area contributed by atoms with Gasteiger partial charge in [-0.2, -0.15) is 0 Å². The topological polar surface area (TPSA) is 20.3 Å². The van der Waals surface area contributed by atoms with Crippen LogP contribution >= 0.6 is 0 Å². The number of likely N-dealkylation sites (N-methyl/N-ethyl adjacent to an activating group) is 1. The smallest absolute Gasteiger partial charge is 0.149 e. The predicted molar refractivity (Wildman–Crippen MR) is 66.4 cm³/mol. The Labute approximate surface area is 99.4 Å². The van der Waals surface area contributed by atoms with Crippen LogP contribution in [0.15, 0.2) is 0 Å². The summed E-state index contributed by atoms with van der Waals surface area (Å²) in [6, 6.07) is 0.903. The average Bonchev–Trinajstić information content (AvgIpc) is 2.29. The van der Waals surface area contributed by atoms with Crippen molar-refractivity contribution in [1.29, 1.82) is 0 Å². The van der Waals surface area contributed by atoms with Gasteiger partial charge < -0.3 is 0 Å². The predicted octanol–water partition coefficient (Wildman–Crippen LogP) is 3.01. The highest BCUT2D eigenvalue weighted by Crippen LogP contribution is 2.30. The van der Waals surface area contributed by atoms with Gasteiger partial charge in [0.15, 0.2) is 0 Å². The van der Waals surface area contributed by atoms with Crippen molar-refractivity contribution in [1.82, 2.24) is 4.90 Å². The van der Waals surface area contributed by atoms with Gasteiger partial charge in [0.05, 0.1) is 6.04 Å². The van der Waals surface area contributed by atoms with Crippen molar-refractivity contribution in [2.45, 2.75) is 70.4 Å². The molecule has 0 saturated heterocycles. The molecule has 0 aromatic rings. The van der Waals surface area contributed by atoms with Crippen LogP contribution in [0.5, 0.6) is 0 Å². The number of rotatable bonds is 2. The Balaban J connectivity index is 1.94. The molecule has 2 aliphatic carbocycles.